The molecule has 31 heavy (non-hydrogen) atoms. The van der Waals surface area contributed by atoms with Crippen LogP contribution in [0.5, 0.6) is 5.75 Å². The van der Waals surface area contributed by atoms with Crippen LogP contribution < -0.4 is 15.6 Å². The van der Waals surface area contributed by atoms with Gasteiger partial charge in [0.25, 0.3) is 5.56 Å². The van der Waals surface area contributed by atoms with Gasteiger partial charge in [-0.15, -0.1) is 0 Å². The third kappa shape index (κ3) is 4.85. The van der Waals surface area contributed by atoms with Gasteiger partial charge >= 0.3 is 6.03 Å². The van der Waals surface area contributed by atoms with Gasteiger partial charge in [-0.1, -0.05) is 43.0 Å². The molecule has 0 aliphatic heterocycles. The van der Waals surface area contributed by atoms with Crippen molar-refractivity contribution in [3.05, 3.63) is 69.5 Å². The maximum absolute atomic E-state index is 13.3. The highest BCUT2D eigenvalue weighted by Crippen LogP contribution is 2.27. The molecule has 0 atom stereocenters. The number of H-pyrrole nitrogens is 1. The molecule has 0 saturated heterocycles. The van der Waals surface area contributed by atoms with Crippen molar-refractivity contribution in [3.8, 4) is 5.75 Å². The number of benzene rings is 2. The third-order valence-electron chi connectivity index (χ3n) is 5.86. The van der Waals surface area contributed by atoms with Crippen LogP contribution in [0.25, 0.3) is 10.9 Å². The molecule has 3 aromatic rings. The molecule has 2 aromatic carbocycles. The Morgan fingerprint density at radius 1 is 1.16 bits per heavy atom. The van der Waals surface area contributed by atoms with Crippen LogP contribution >= 0.6 is 11.6 Å². The second-order valence-electron chi connectivity index (χ2n) is 7.91. The predicted molar refractivity (Wildman–Crippen MR) is 124 cm³/mol. The number of fused-ring (bicyclic) bond motifs is 1. The Morgan fingerprint density at radius 3 is 2.68 bits per heavy atom. The highest BCUT2D eigenvalue weighted by atomic mass is 35.5. The number of pyridine rings is 1. The van der Waals surface area contributed by atoms with Crippen LogP contribution in [-0.2, 0) is 6.54 Å². The van der Waals surface area contributed by atoms with Crippen molar-refractivity contribution in [2.75, 3.05) is 12.4 Å². The van der Waals surface area contributed by atoms with Crippen molar-refractivity contribution in [1.29, 1.82) is 0 Å². The Morgan fingerprint density at radius 2 is 1.94 bits per heavy atom. The van der Waals surface area contributed by atoms with Crippen LogP contribution in [-0.4, -0.2) is 29.1 Å². The smallest absolute Gasteiger partial charge is 0.322 e. The maximum Gasteiger partial charge on any atom is 0.322 e. The number of carbonyl (C=O) groups is 1. The molecule has 0 radical (unpaired) electrons. The predicted octanol–water partition coefficient (Wildman–Crippen LogP) is 5.56. The summed E-state index contributed by atoms with van der Waals surface area (Å²) in [6, 6.07) is 14.4. The number of para-hydroxylation sites is 1. The molecular formula is C24H26ClN3O3. The number of aromatic amines is 1. The minimum absolute atomic E-state index is 0.0854. The molecule has 7 heteroatoms. The van der Waals surface area contributed by atoms with Gasteiger partial charge in [0.2, 0.25) is 0 Å². The number of hydrogen-bond acceptors (Lipinski definition) is 3. The number of nitrogens with one attached hydrogen (secondary N) is 2. The molecule has 2 N–H and O–H groups in total. The van der Waals surface area contributed by atoms with Crippen molar-refractivity contribution in [2.24, 2.45) is 0 Å². The number of amides is 2. The molecule has 1 aromatic heterocycles. The largest absolute Gasteiger partial charge is 0.497 e. The summed E-state index contributed by atoms with van der Waals surface area (Å²) in [5.74, 6) is 0.679. The number of aromatic nitrogens is 1. The highest BCUT2D eigenvalue weighted by Gasteiger charge is 2.27. The summed E-state index contributed by atoms with van der Waals surface area (Å²) in [6.45, 7) is 0.234. The Hall–Kier alpha value is -2.99. The summed E-state index contributed by atoms with van der Waals surface area (Å²) in [6.07, 6.45) is 5.19. The monoisotopic (exact) mass is 439 g/mol. The molecule has 0 bridgehead atoms. The summed E-state index contributed by atoms with van der Waals surface area (Å²) in [7, 11) is 1.59. The van der Waals surface area contributed by atoms with Crippen LogP contribution in [0.2, 0.25) is 5.02 Å². The number of rotatable bonds is 5. The second-order valence-corrected chi connectivity index (χ2v) is 8.31. The van der Waals surface area contributed by atoms with Gasteiger partial charge in [0.15, 0.2) is 0 Å². The third-order valence-corrected chi connectivity index (χ3v) is 6.19. The molecule has 0 spiro atoms. The molecule has 1 heterocycles. The number of carbonyl (C=O) groups excluding carboxylic acids is 1. The van der Waals surface area contributed by atoms with Crippen LogP contribution in [0, 0.1) is 0 Å². The summed E-state index contributed by atoms with van der Waals surface area (Å²) < 4.78 is 5.24. The zero-order chi connectivity index (χ0) is 21.8. The molecule has 0 unspecified atom stereocenters. The van der Waals surface area contributed by atoms with Gasteiger partial charge < -0.3 is 19.9 Å². The van der Waals surface area contributed by atoms with E-state index in [2.05, 4.69) is 10.3 Å². The lowest BCUT2D eigenvalue weighted by Gasteiger charge is -2.34. The molecule has 2 amide bonds. The van der Waals surface area contributed by atoms with Crippen LogP contribution in [0.4, 0.5) is 10.5 Å². The second kappa shape index (κ2) is 9.43. The molecule has 1 saturated carbocycles. The first-order valence-electron chi connectivity index (χ1n) is 10.6. The van der Waals surface area contributed by atoms with Crippen molar-refractivity contribution in [2.45, 2.75) is 44.7 Å². The molecule has 1 aliphatic carbocycles. The zero-order valence-corrected chi connectivity index (χ0v) is 18.2. The van der Waals surface area contributed by atoms with Crippen molar-refractivity contribution >= 4 is 34.2 Å². The van der Waals surface area contributed by atoms with E-state index in [-0.39, 0.29) is 24.2 Å². The molecule has 1 fully saturated rings. The fourth-order valence-electron chi connectivity index (χ4n) is 4.16. The fourth-order valence-corrected chi connectivity index (χ4v) is 4.35. The molecule has 6 nitrogen and oxygen atoms in total. The number of ether oxygens (including phenoxy) is 1. The standard InChI is InChI=1S/C24H26ClN3O3/c1-31-19-12-11-16-13-17(23(29)26-22(16)14-19)15-28(18-7-3-2-4-8-18)24(30)27-21-10-6-5-9-20(21)25/h5-6,9-14,18H,2-4,7-8,15H2,1H3,(H,26,29)(H,27,30). The quantitative estimate of drug-likeness (QED) is 0.546. The van der Waals surface area contributed by atoms with Crippen molar-refractivity contribution in [3.63, 3.8) is 0 Å². The zero-order valence-electron chi connectivity index (χ0n) is 17.5. The number of urea groups is 1. The van der Waals surface area contributed by atoms with E-state index in [9.17, 15) is 9.59 Å². The number of hydrogen-bond donors (Lipinski definition) is 2. The van der Waals surface area contributed by atoms with E-state index < -0.39 is 0 Å². The lowest BCUT2D eigenvalue weighted by molar-refractivity contribution is 0.162. The van der Waals surface area contributed by atoms with E-state index in [1.807, 2.05) is 30.3 Å². The van der Waals surface area contributed by atoms with Gasteiger partial charge in [-0.3, -0.25) is 4.79 Å². The average Bonchev–Trinajstić information content (AvgIpc) is 2.79. The van der Waals surface area contributed by atoms with E-state index in [0.29, 0.717) is 27.5 Å². The maximum atomic E-state index is 13.3. The summed E-state index contributed by atoms with van der Waals surface area (Å²) in [5, 5.41) is 4.30. The Bertz CT molecular complexity index is 1140. The summed E-state index contributed by atoms with van der Waals surface area (Å²) in [4.78, 5) is 30.8. The lowest BCUT2D eigenvalue weighted by atomic mass is 9.94. The minimum Gasteiger partial charge on any atom is -0.497 e. The van der Waals surface area contributed by atoms with Gasteiger partial charge in [0.05, 0.1) is 29.9 Å². The van der Waals surface area contributed by atoms with Gasteiger partial charge in [-0.2, -0.15) is 0 Å². The summed E-state index contributed by atoms with van der Waals surface area (Å²) in [5.41, 5.74) is 1.62. The number of anilines is 1. The normalized spacial score (nSPS) is 14.4. The summed E-state index contributed by atoms with van der Waals surface area (Å²) >= 11 is 6.24. The minimum atomic E-state index is -0.241. The van der Waals surface area contributed by atoms with Gasteiger partial charge in [-0.05, 0) is 48.6 Å². The Labute approximate surface area is 186 Å². The van der Waals surface area contributed by atoms with Crippen LogP contribution in [0.15, 0.2) is 53.3 Å². The number of methoxy groups -OCH3 is 1. The van der Waals surface area contributed by atoms with Crippen LogP contribution in [0.1, 0.15) is 37.7 Å². The first-order chi connectivity index (χ1) is 15.0. The van der Waals surface area contributed by atoms with E-state index >= 15 is 0 Å². The van der Waals surface area contributed by atoms with E-state index in [1.54, 1.807) is 30.2 Å². The Balaban J connectivity index is 1.64. The van der Waals surface area contributed by atoms with Crippen LogP contribution in [0.3, 0.4) is 0 Å². The first kappa shape index (κ1) is 21.2. The lowest BCUT2D eigenvalue weighted by Crippen LogP contribution is -2.44. The Kier molecular flexibility index (Phi) is 6.47. The van der Waals surface area contributed by atoms with Gasteiger partial charge in [0.1, 0.15) is 5.75 Å². The topological polar surface area (TPSA) is 74.4 Å². The average molecular weight is 440 g/mol. The fraction of sp³-hybridized carbons (Fsp3) is 0.333. The van der Waals surface area contributed by atoms with Crippen molar-refractivity contribution in [1.82, 2.24) is 9.88 Å². The van der Waals surface area contributed by atoms with E-state index in [0.717, 1.165) is 31.1 Å². The molecule has 162 valence electrons. The molecule has 1 aliphatic rings. The van der Waals surface area contributed by atoms with E-state index in [1.165, 1.54) is 6.42 Å². The molecular weight excluding hydrogens is 414 g/mol. The number of nitrogens with zero attached hydrogens (tertiary/aromatic N) is 1. The SMILES string of the molecule is COc1ccc2cc(CN(C(=O)Nc3ccccc3Cl)C3CCCCC3)c(=O)[nH]c2c1. The van der Waals surface area contributed by atoms with E-state index in [4.69, 9.17) is 16.3 Å². The highest BCUT2D eigenvalue weighted by molar-refractivity contribution is 6.33. The van der Waals surface area contributed by atoms with Crippen molar-refractivity contribution < 1.29 is 9.53 Å². The van der Waals surface area contributed by atoms with Gasteiger partial charge in [-0.25, -0.2) is 4.79 Å². The first-order valence-corrected chi connectivity index (χ1v) is 10.9. The number of halogens is 1. The molecule has 4 rings (SSSR count). The van der Waals surface area contributed by atoms with Gasteiger partial charge in [0, 0.05) is 17.7 Å².